The second-order valence-electron chi connectivity index (χ2n) is 8.30. The van der Waals surface area contributed by atoms with Crippen LogP contribution in [0.1, 0.15) is 25.3 Å². The van der Waals surface area contributed by atoms with Crippen LogP contribution in [0.5, 0.6) is 11.5 Å². The van der Waals surface area contributed by atoms with Crippen molar-refractivity contribution in [1.82, 2.24) is 10.6 Å². The van der Waals surface area contributed by atoms with E-state index in [2.05, 4.69) is 22.9 Å². The van der Waals surface area contributed by atoms with Gasteiger partial charge in [0.1, 0.15) is 18.7 Å². The predicted octanol–water partition coefficient (Wildman–Crippen LogP) is 2.32. The molecule has 9 nitrogen and oxygen atoms in total. The maximum absolute atomic E-state index is 13.0. The molecule has 0 bridgehead atoms. The van der Waals surface area contributed by atoms with E-state index in [4.69, 9.17) is 9.47 Å². The molecule has 0 saturated carbocycles. The average Bonchev–Trinajstić information content (AvgIpc) is 2.86. The van der Waals surface area contributed by atoms with Crippen LogP contribution in [0.25, 0.3) is 0 Å². The number of amides is 2. The van der Waals surface area contributed by atoms with Gasteiger partial charge in [-0.3, -0.25) is 14.9 Å². The number of carbonyl (C=O) groups is 2. The minimum absolute atomic E-state index is 0.0345. The first-order chi connectivity index (χ1) is 16.9. The molecule has 188 valence electrons. The third-order valence-electron chi connectivity index (χ3n) is 5.71. The zero-order valence-corrected chi connectivity index (χ0v) is 21.0. The maximum Gasteiger partial charge on any atom is 0.241 e. The molecule has 2 unspecified atom stereocenters. The molecule has 2 heterocycles. The number of anilines is 1. The highest BCUT2D eigenvalue weighted by Crippen LogP contribution is 2.32. The number of rotatable bonds is 9. The lowest BCUT2D eigenvalue weighted by Crippen LogP contribution is -2.59. The lowest BCUT2D eigenvalue weighted by molar-refractivity contribution is -0.122. The first-order valence-corrected chi connectivity index (χ1v) is 14.1. The number of unbranched alkanes of at least 4 members (excludes halogenated alkanes) is 1. The first kappa shape index (κ1) is 25.3. The van der Waals surface area contributed by atoms with E-state index in [0.717, 1.165) is 24.8 Å². The van der Waals surface area contributed by atoms with Crippen molar-refractivity contribution in [3.05, 3.63) is 48.0 Å². The van der Waals surface area contributed by atoms with Gasteiger partial charge >= 0.3 is 0 Å². The minimum Gasteiger partial charge on any atom is -0.486 e. The number of nitrogens with one attached hydrogen (secondary N) is 3. The second kappa shape index (κ2) is 11.3. The Morgan fingerprint density at radius 3 is 2.57 bits per heavy atom. The Bertz CT molecular complexity index is 1170. The van der Waals surface area contributed by atoms with Gasteiger partial charge in [0.2, 0.25) is 11.8 Å². The lowest BCUT2D eigenvalue weighted by Gasteiger charge is -2.29. The van der Waals surface area contributed by atoms with E-state index in [9.17, 15) is 18.0 Å². The number of hydrogen-bond acceptors (Lipinski definition) is 8. The fraction of sp³-hybridized carbons (Fsp3) is 0.417. The van der Waals surface area contributed by atoms with E-state index >= 15 is 0 Å². The van der Waals surface area contributed by atoms with E-state index in [1.54, 1.807) is 42.5 Å². The van der Waals surface area contributed by atoms with Crippen LogP contribution in [0, 0.1) is 0 Å². The van der Waals surface area contributed by atoms with Crippen LogP contribution in [-0.4, -0.2) is 56.5 Å². The zero-order valence-electron chi connectivity index (χ0n) is 19.4. The molecule has 0 aliphatic carbocycles. The molecule has 2 aliphatic heterocycles. The molecule has 2 aliphatic rings. The topological polar surface area (TPSA) is 123 Å². The summed E-state index contributed by atoms with van der Waals surface area (Å²) in [6, 6.07) is 11.9. The van der Waals surface area contributed by atoms with Gasteiger partial charge in [-0.25, -0.2) is 8.42 Å². The van der Waals surface area contributed by atoms with Crippen molar-refractivity contribution >= 4 is 39.1 Å². The van der Waals surface area contributed by atoms with E-state index in [0.29, 0.717) is 30.4 Å². The van der Waals surface area contributed by atoms with Crippen LogP contribution in [0.4, 0.5) is 5.69 Å². The van der Waals surface area contributed by atoms with Crippen LogP contribution >= 0.6 is 11.8 Å². The molecule has 35 heavy (non-hydrogen) atoms. The number of hydrogen-bond donors (Lipinski definition) is 3. The van der Waals surface area contributed by atoms with Gasteiger partial charge < -0.3 is 20.1 Å². The molecule has 4 rings (SSSR count). The minimum atomic E-state index is -3.84. The summed E-state index contributed by atoms with van der Waals surface area (Å²) in [6.45, 7) is 3.01. The molecule has 2 aromatic rings. The van der Waals surface area contributed by atoms with Gasteiger partial charge in [-0.1, -0.05) is 25.5 Å². The molecule has 2 amide bonds. The zero-order chi connectivity index (χ0) is 24.8. The molecule has 2 aromatic carbocycles. The molecular formula is C24H29N3O6S2. The predicted molar refractivity (Wildman–Crippen MR) is 134 cm³/mol. The number of benzene rings is 2. The van der Waals surface area contributed by atoms with Gasteiger partial charge in [0.25, 0.3) is 0 Å². The number of aryl methyl sites for hydroxylation is 1. The molecular weight excluding hydrogens is 490 g/mol. The van der Waals surface area contributed by atoms with E-state index in [1.165, 1.54) is 11.8 Å². The molecule has 11 heteroatoms. The summed E-state index contributed by atoms with van der Waals surface area (Å²) in [5.41, 5.74) is 1.08. The van der Waals surface area contributed by atoms with Crippen molar-refractivity contribution in [1.29, 1.82) is 0 Å². The third kappa shape index (κ3) is 6.28. The van der Waals surface area contributed by atoms with Crippen molar-refractivity contribution in [2.75, 3.05) is 30.8 Å². The summed E-state index contributed by atoms with van der Waals surface area (Å²) in [5.74, 6) is 0.424. The summed E-state index contributed by atoms with van der Waals surface area (Å²) >= 11 is 1.17. The highest BCUT2D eigenvalue weighted by Gasteiger charge is 2.38. The van der Waals surface area contributed by atoms with Gasteiger partial charge in [-0.05, 0) is 42.7 Å². The van der Waals surface area contributed by atoms with Gasteiger partial charge in [0, 0.05) is 18.3 Å². The molecule has 2 atom stereocenters. The van der Waals surface area contributed by atoms with Crippen molar-refractivity contribution in [3.8, 4) is 11.5 Å². The Labute approximate surface area is 209 Å². The normalized spacial score (nSPS) is 19.6. The monoisotopic (exact) mass is 519 g/mol. The molecule has 1 saturated heterocycles. The average molecular weight is 520 g/mol. The number of fused-ring (bicyclic) bond motifs is 1. The summed E-state index contributed by atoms with van der Waals surface area (Å²) in [7, 11) is -3.84. The highest BCUT2D eigenvalue weighted by molar-refractivity contribution is 8.00. The van der Waals surface area contributed by atoms with Crippen molar-refractivity contribution in [2.24, 2.45) is 0 Å². The third-order valence-corrected chi connectivity index (χ3v) is 8.81. The van der Waals surface area contributed by atoms with Crippen molar-refractivity contribution in [2.45, 2.75) is 41.8 Å². The summed E-state index contributed by atoms with van der Waals surface area (Å²) in [6.07, 6.45) is 2.99. The van der Waals surface area contributed by atoms with Crippen LogP contribution in [0.3, 0.4) is 0 Å². The molecule has 0 radical (unpaired) electrons. The first-order valence-electron chi connectivity index (χ1n) is 11.5. The van der Waals surface area contributed by atoms with Gasteiger partial charge in [0.15, 0.2) is 26.6 Å². The van der Waals surface area contributed by atoms with Crippen molar-refractivity contribution < 1.29 is 27.5 Å². The number of sulfone groups is 1. The van der Waals surface area contributed by atoms with Crippen LogP contribution < -0.4 is 25.4 Å². The fourth-order valence-electron chi connectivity index (χ4n) is 3.80. The van der Waals surface area contributed by atoms with Gasteiger partial charge in [0.05, 0.1) is 10.6 Å². The summed E-state index contributed by atoms with van der Waals surface area (Å²) in [5, 5.41) is 7.22. The Balaban J connectivity index is 1.27. The Hall–Kier alpha value is -2.76. The van der Waals surface area contributed by atoms with Crippen LogP contribution in [0.2, 0.25) is 0 Å². The van der Waals surface area contributed by atoms with Crippen molar-refractivity contribution in [3.63, 3.8) is 0 Å². The van der Waals surface area contributed by atoms with E-state index in [-0.39, 0.29) is 23.1 Å². The molecule has 0 spiro atoms. The van der Waals surface area contributed by atoms with E-state index < -0.39 is 26.5 Å². The highest BCUT2D eigenvalue weighted by atomic mass is 32.2. The Kier molecular flexibility index (Phi) is 8.19. The fourth-order valence-corrected chi connectivity index (χ4v) is 6.11. The largest absolute Gasteiger partial charge is 0.486 e. The summed E-state index contributed by atoms with van der Waals surface area (Å²) in [4.78, 5) is 25.1. The standard InChI is InChI=1S/C24H29N3O6S2/c1-2-3-4-16-5-8-18(9-6-16)35(30,31)21-14-25-24(27-23(21)29)34-15-22(28)26-17-7-10-19-20(13-17)33-12-11-32-19/h5-10,13,21,24-25H,2-4,11-12,14-15H2,1H3,(H,26,28)(H,27,29). The van der Waals surface area contributed by atoms with Gasteiger partial charge in [-0.2, -0.15) is 0 Å². The number of ether oxygens (including phenoxy) is 2. The Morgan fingerprint density at radius 2 is 1.86 bits per heavy atom. The number of thioether (sulfide) groups is 1. The molecule has 3 N–H and O–H groups in total. The SMILES string of the molecule is CCCCc1ccc(S(=O)(=O)C2CNC(SCC(=O)Nc3ccc4c(c3)OCCO4)NC2=O)cc1. The smallest absolute Gasteiger partial charge is 0.241 e. The lowest BCUT2D eigenvalue weighted by atomic mass is 10.1. The Morgan fingerprint density at radius 1 is 1.11 bits per heavy atom. The molecule has 1 fully saturated rings. The molecule has 0 aromatic heterocycles. The van der Waals surface area contributed by atoms with Crippen LogP contribution in [0.15, 0.2) is 47.4 Å². The second-order valence-corrected chi connectivity index (χ2v) is 11.5. The van der Waals surface area contributed by atoms with E-state index in [1.807, 2.05) is 0 Å². The van der Waals surface area contributed by atoms with Crippen LogP contribution in [-0.2, 0) is 25.8 Å². The summed E-state index contributed by atoms with van der Waals surface area (Å²) < 4.78 is 37.0. The number of carbonyl (C=O) groups excluding carboxylic acids is 2. The quantitative estimate of drug-likeness (QED) is 0.461. The maximum atomic E-state index is 13.0. The van der Waals surface area contributed by atoms with Gasteiger partial charge in [-0.15, -0.1) is 11.8 Å².